The smallest absolute Gasteiger partial charge is 0.165 e. The Morgan fingerprint density at radius 1 is 1.10 bits per heavy atom. The summed E-state index contributed by atoms with van der Waals surface area (Å²) in [6.07, 6.45) is 0.467. The largest absolute Gasteiger partial charge is 0.494 e. The van der Waals surface area contributed by atoms with Gasteiger partial charge in [0.1, 0.15) is 0 Å². The topological polar surface area (TPSA) is 29.5 Å². The van der Waals surface area contributed by atoms with Crippen molar-refractivity contribution in [3.8, 4) is 5.75 Å². The zero-order valence-electron chi connectivity index (χ0n) is 11.8. The lowest BCUT2D eigenvalue weighted by atomic mass is 10.00. The van der Waals surface area contributed by atoms with Gasteiger partial charge in [-0.2, -0.15) is 0 Å². The van der Waals surface area contributed by atoms with Crippen molar-refractivity contribution in [2.75, 3.05) is 7.11 Å². The van der Waals surface area contributed by atoms with E-state index in [0.29, 0.717) is 12.8 Å². The summed E-state index contributed by atoms with van der Waals surface area (Å²) in [6.45, 7) is 2.02. The molecule has 0 aliphatic rings. The van der Waals surface area contributed by atoms with Crippen LogP contribution in [-0.4, -0.2) is 18.3 Å². The minimum atomic E-state index is -0.524. The molecule has 2 aromatic carbocycles. The highest BCUT2D eigenvalue weighted by Crippen LogP contribution is 2.19. The SMILES string of the molecule is COc1ccc(CC(O)Cc2cccc(C)c2)cc1F. The number of aliphatic hydroxyl groups is 1. The zero-order valence-corrected chi connectivity index (χ0v) is 11.8. The Kier molecular flexibility index (Phi) is 4.74. The molecule has 0 amide bonds. The highest BCUT2D eigenvalue weighted by atomic mass is 19.1. The van der Waals surface area contributed by atoms with E-state index in [1.807, 2.05) is 25.1 Å². The molecule has 0 bridgehead atoms. The second-order valence-electron chi connectivity index (χ2n) is 5.02. The van der Waals surface area contributed by atoms with Gasteiger partial charge in [-0.3, -0.25) is 0 Å². The lowest BCUT2D eigenvalue weighted by Gasteiger charge is -2.12. The quantitative estimate of drug-likeness (QED) is 0.906. The Morgan fingerprint density at radius 2 is 1.80 bits per heavy atom. The van der Waals surface area contributed by atoms with E-state index in [1.165, 1.54) is 18.7 Å². The molecule has 0 radical (unpaired) electrons. The fraction of sp³-hybridized carbons (Fsp3) is 0.294. The third-order valence-corrected chi connectivity index (χ3v) is 3.24. The van der Waals surface area contributed by atoms with Gasteiger partial charge in [0.25, 0.3) is 0 Å². The van der Waals surface area contributed by atoms with Gasteiger partial charge in [-0.25, -0.2) is 4.39 Å². The van der Waals surface area contributed by atoms with Gasteiger partial charge >= 0.3 is 0 Å². The summed E-state index contributed by atoms with van der Waals surface area (Å²) in [5, 5.41) is 10.1. The normalized spacial score (nSPS) is 12.2. The van der Waals surface area contributed by atoms with E-state index in [9.17, 15) is 9.50 Å². The average molecular weight is 274 g/mol. The van der Waals surface area contributed by atoms with E-state index in [1.54, 1.807) is 12.1 Å². The molecule has 1 atom stereocenters. The predicted molar refractivity (Wildman–Crippen MR) is 77.5 cm³/mol. The van der Waals surface area contributed by atoms with E-state index >= 15 is 0 Å². The van der Waals surface area contributed by atoms with E-state index < -0.39 is 11.9 Å². The van der Waals surface area contributed by atoms with Crippen LogP contribution in [0, 0.1) is 12.7 Å². The maximum Gasteiger partial charge on any atom is 0.165 e. The van der Waals surface area contributed by atoms with Gasteiger partial charge in [0.2, 0.25) is 0 Å². The summed E-state index contributed by atoms with van der Waals surface area (Å²) in [7, 11) is 1.44. The molecule has 3 heteroatoms. The first-order valence-corrected chi connectivity index (χ1v) is 6.64. The van der Waals surface area contributed by atoms with Crippen molar-refractivity contribution in [2.45, 2.75) is 25.9 Å². The van der Waals surface area contributed by atoms with Crippen molar-refractivity contribution in [3.63, 3.8) is 0 Å². The lowest BCUT2D eigenvalue weighted by Crippen LogP contribution is -2.14. The molecule has 2 aromatic rings. The molecule has 106 valence electrons. The molecule has 2 rings (SSSR count). The predicted octanol–water partition coefficient (Wildman–Crippen LogP) is 3.29. The summed E-state index contributed by atoms with van der Waals surface area (Å²) in [6, 6.07) is 12.8. The highest BCUT2D eigenvalue weighted by Gasteiger charge is 2.10. The number of hydrogen-bond acceptors (Lipinski definition) is 2. The number of aliphatic hydroxyl groups excluding tert-OH is 1. The molecule has 1 unspecified atom stereocenters. The minimum Gasteiger partial charge on any atom is -0.494 e. The summed E-state index contributed by atoms with van der Waals surface area (Å²) in [5.74, 6) is -0.172. The van der Waals surface area contributed by atoms with Crippen molar-refractivity contribution in [3.05, 3.63) is 65.0 Å². The van der Waals surface area contributed by atoms with Crippen LogP contribution < -0.4 is 4.74 Å². The minimum absolute atomic E-state index is 0.224. The fourth-order valence-electron chi connectivity index (χ4n) is 2.29. The van der Waals surface area contributed by atoms with Crippen LogP contribution in [0.15, 0.2) is 42.5 Å². The van der Waals surface area contributed by atoms with E-state index in [4.69, 9.17) is 4.74 Å². The molecule has 0 saturated heterocycles. The number of methoxy groups -OCH3 is 1. The summed E-state index contributed by atoms with van der Waals surface area (Å²) in [5.41, 5.74) is 3.03. The molecule has 0 fully saturated rings. The summed E-state index contributed by atoms with van der Waals surface area (Å²) in [4.78, 5) is 0. The van der Waals surface area contributed by atoms with Crippen LogP contribution in [0.25, 0.3) is 0 Å². The van der Waals surface area contributed by atoms with Crippen LogP contribution in [0.2, 0.25) is 0 Å². The van der Waals surface area contributed by atoms with Crippen LogP contribution in [0.3, 0.4) is 0 Å². The summed E-state index contributed by atoms with van der Waals surface area (Å²) < 4.78 is 18.5. The average Bonchev–Trinajstić information content (AvgIpc) is 2.38. The van der Waals surface area contributed by atoms with Crippen molar-refractivity contribution in [2.24, 2.45) is 0 Å². The van der Waals surface area contributed by atoms with Crippen molar-refractivity contribution < 1.29 is 14.2 Å². The molecule has 2 nitrogen and oxygen atoms in total. The maximum atomic E-state index is 13.6. The Hall–Kier alpha value is -1.87. The second-order valence-corrected chi connectivity index (χ2v) is 5.02. The maximum absolute atomic E-state index is 13.6. The molecular weight excluding hydrogens is 255 g/mol. The third-order valence-electron chi connectivity index (χ3n) is 3.24. The number of rotatable bonds is 5. The molecule has 0 heterocycles. The first-order valence-electron chi connectivity index (χ1n) is 6.64. The van der Waals surface area contributed by atoms with Crippen molar-refractivity contribution >= 4 is 0 Å². The van der Waals surface area contributed by atoms with Gasteiger partial charge in [-0.05, 0) is 43.0 Å². The zero-order chi connectivity index (χ0) is 14.5. The molecule has 0 spiro atoms. The Balaban J connectivity index is 2.01. The standard InChI is InChI=1S/C17H19FO2/c1-12-4-3-5-13(8-12)9-15(19)10-14-6-7-17(20-2)16(18)11-14/h3-8,11,15,19H,9-10H2,1-2H3. The Morgan fingerprint density at radius 3 is 2.40 bits per heavy atom. The van der Waals surface area contributed by atoms with Crippen LogP contribution >= 0.6 is 0 Å². The van der Waals surface area contributed by atoms with Crippen LogP contribution in [0.1, 0.15) is 16.7 Å². The molecule has 1 N–H and O–H groups in total. The Bertz CT molecular complexity index is 581. The number of hydrogen-bond donors (Lipinski definition) is 1. The molecule has 0 saturated carbocycles. The first kappa shape index (κ1) is 14.5. The van der Waals surface area contributed by atoms with Gasteiger partial charge in [0.05, 0.1) is 13.2 Å². The van der Waals surface area contributed by atoms with Gasteiger partial charge in [0.15, 0.2) is 11.6 Å². The number of ether oxygens (including phenoxy) is 1. The molecule has 0 aromatic heterocycles. The lowest BCUT2D eigenvalue weighted by molar-refractivity contribution is 0.175. The fourth-order valence-corrected chi connectivity index (χ4v) is 2.29. The monoisotopic (exact) mass is 274 g/mol. The van der Waals surface area contributed by atoms with Gasteiger partial charge in [0, 0.05) is 0 Å². The van der Waals surface area contributed by atoms with Gasteiger partial charge < -0.3 is 9.84 Å². The second kappa shape index (κ2) is 6.53. The Labute approximate surface area is 118 Å². The molecule has 20 heavy (non-hydrogen) atoms. The first-order chi connectivity index (χ1) is 9.58. The number of benzene rings is 2. The highest BCUT2D eigenvalue weighted by molar-refractivity contribution is 5.30. The van der Waals surface area contributed by atoms with Crippen molar-refractivity contribution in [1.82, 2.24) is 0 Å². The van der Waals surface area contributed by atoms with Crippen LogP contribution in [0.5, 0.6) is 5.75 Å². The molecule has 0 aliphatic carbocycles. The summed E-state index contributed by atoms with van der Waals surface area (Å²) >= 11 is 0. The van der Waals surface area contributed by atoms with Crippen LogP contribution in [0.4, 0.5) is 4.39 Å². The van der Waals surface area contributed by atoms with Crippen molar-refractivity contribution in [1.29, 1.82) is 0 Å². The number of aryl methyl sites for hydroxylation is 1. The van der Waals surface area contributed by atoms with E-state index in [-0.39, 0.29) is 5.75 Å². The van der Waals surface area contributed by atoms with E-state index in [2.05, 4.69) is 6.07 Å². The third kappa shape index (κ3) is 3.81. The molecular formula is C17H19FO2. The van der Waals surface area contributed by atoms with Crippen LogP contribution in [-0.2, 0) is 12.8 Å². The van der Waals surface area contributed by atoms with E-state index in [0.717, 1.165) is 11.1 Å². The van der Waals surface area contributed by atoms with Gasteiger partial charge in [-0.1, -0.05) is 35.9 Å². The number of halogens is 1. The molecule has 0 aliphatic heterocycles. The van der Waals surface area contributed by atoms with Gasteiger partial charge in [-0.15, -0.1) is 0 Å².